The first kappa shape index (κ1) is 15.4. The lowest BCUT2D eigenvalue weighted by atomic mass is 10.1. The topological polar surface area (TPSA) is 73.9 Å². The van der Waals surface area contributed by atoms with Crippen LogP contribution >= 0.6 is 11.3 Å². The number of rotatable bonds is 4. The predicted molar refractivity (Wildman–Crippen MR) is 85.3 cm³/mol. The van der Waals surface area contributed by atoms with Crippen molar-refractivity contribution in [3.05, 3.63) is 40.1 Å². The van der Waals surface area contributed by atoms with Crippen LogP contribution in [0.5, 0.6) is 11.5 Å². The summed E-state index contributed by atoms with van der Waals surface area (Å²) < 4.78 is 15.9. The number of thiophene rings is 1. The first-order valence-electron chi connectivity index (χ1n) is 6.97. The monoisotopic (exact) mass is 333 g/mol. The minimum atomic E-state index is -0.474. The van der Waals surface area contributed by atoms with Gasteiger partial charge >= 0.3 is 5.97 Å². The van der Waals surface area contributed by atoms with E-state index in [1.807, 2.05) is 0 Å². The number of amides is 1. The minimum Gasteiger partial charge on any atom is -0.495 e. The van der Waals surface area contributed by atoms with Crippen LogP contribution in [0.25, 0.3) is 0 Å². The summed E-state index contributed by atoms with van der Waals surface area (Å²) >= 11 is 1.27. The van der Waals surface area contributed by atoms with Gasteiger partial charge in [-0.25, -0.2) is 4.79 Å². The van der Waals surface area contributed by atoms with E-state index in [4.69, 9.17) is 14.2 Å². The molecule has 6 nitrogen and oxygen atoms in total. The number of nitrogens with one attached hydrogen (secondary N) is 1. The van der Waals surface area contributed by atoms with Gasteiger partial charge in [0.15, 0.2) is 11.5 Å². The van der Waals surface area contributed by atoms with Crippen LogP contribution in [0.4, 0.5) is 5.69 Å². The van der Waals surface area contributed by atoms with Crippen LogP contribution in [-0.4, -0.2) is 25.6 Å². The molecule has 0 saturated carbocycles. The fourth-order valence-electron chi connectivity index (χ4n) is 2.24. The van der Waals surface area contributed by atoms with Crippen molar-refractivity contribution in [1.29, 1.82) is 0 Å². The van der Waals surface area contributed by atoms with Gasteiger partial charge in [-0.2, -0.15) is 0 Å². The first-order chi connectivity index (χ1) is 11.1. The number of hydrogen-bond donors (Lipinski definition) is 1. The number of ether oxygens (including phenoxy) is 3. The van der Waals surface area contributed by atoms with E-state index in [1.54, 1.807) is 36.6 Å². The average molecular weight is 333 g/mol. The highest BCUT2D eigenvalue weighted by Crippen LogP contribution is 2.33. The fourth-order valence-corrected chi connectivity index (χ4v) is 2.98. The minimum absolute atomic E-state index is 0.00899. The molecule has 0 unspecified atom stereocenters. The van der Waals surface area contributed by atoms with E-state index >= 15 is 0 Å². The van der Waals surface area contributed by atoms with Crippen molar-refractivity contribution >= 4 is 28.9 Å². The Morgan fingerprint density at radius 1 is 1.39 bits per heavy atom. The van der Waals surface area contributed by atoms with Crippen molar-refractivity contribution < 1.29 is 23.8 Å². The SMILES string of the molecule is COc1ccsc1C(=O)O[C@H](C)c1ccc2c(c1)NC(=O)CO2. The molecular formula is C16H15NO5S. The summed E-state index contributed by atoms with van der Waals surface area (Å²) in [4.78, 5) is 24.0. The molecule has 2 aromatic rings. The lowest BCUT2D eigenvalue weighted by Gasteiger charge is -2.20. The van der Waals surface area contributed by atoms with Crippen LogP contribution in [0.3, 0.4) is 0 Å². The number of carbonyl (C=O) groups is 2. The van der Waals surface area contributed by atoms with E-state index in [0.717, 1.165) is 5.56 Å². The molecule has 23 heavy (non-hydrogen) atoms. The number of hydrogen-bond acceptors (Lipinski definition) is 6. The molecule has 1 atom stereocenters. The number of benzene rings is 1. The maximum atomic E-state index is 12.2. The van der Waals surface area contributed by atoms with Crippen molar-refractivity contribution in [2.45, 2.75) is 13.0 Å². The number of carbonyl (C=O) groups excluding carboxylic acids is 2. The molecule has 0 saturated heterocycles. The Hall–Kier alpha value is -2.54. The van der Waals surface area contributed by atoms with Crippen molar-refractivity contribution in [2.75, 3.05) is 19.0 Å². The lowest BCUT2D eigenvalue weighted by Crippen LogP contribution is -2.25. The third kappa shape index (κ3) is 3.14. The van der Waals surface area contributed by atoms with Gasteiger partial charge in [-0.15, -0.1) is 11.3 Å². The van der Waals surface area contributed by atoms with Gasteiger partial charge in [0.1, 0.15) is 17.6 Å². The van der Waals surface area contributed by atoms with Crippen molar-refractivity contribution in [1.82, 2.24) is 0 Å². The van der Waals surface area contributed by atoms with Crippen LogP contribution in [0, 0.1) is 0 Å². The van der Waals surface area contributed by atoms with Crippen LogP contribution in [0.15, 0.2) is 29.6 Å². The normalized spacial score (nSPS) is 14.3. The summed E-state index contributed by atoms with van der Waals surface area (Å²) in [5.41, 5.74) is 1.34. The summed E-state index contributed by atoms with van der Waals surface area (Å²) in [5, 5.41) is 4.50. The summed E-state index contributed by atoms with van der Waals surface area (Å²) in [6.45, 7) is 1.78. The van der Waals surface area contributed by atoms with E-state index in [2.05, 4.69) is 5.32 Å². The van der Waals surface area contributed by atoms with E-state index < -0.39 is 12.1 Å². The second-order valence-electron chi connectivity index (χ2n) is 4.96. The Morgan fingerprint density at radius 3 is 3.00 bits per heavy atom. The Bertz CT molecular complexity index is 755. The quantitative estimate of drug-likeness (QED) is 0.871. The van der Waals surface area contributed by atoms with Crippen LogP contribution in [-0.2, 0) is 9.53 Å². The maximum Gasteiger partial charge on any atom is 0.352 e. The van der Waals surface area contributed by atoms with E-state index in [0.29, 0.717) is 22.1 Å². The molecule has 1 aliphatic heterocycles. The smallest absolute Gasteiger partial charge is 0.352 e. The summed E-state index contributed by atoms with van der Waals surface area (Å²) in [6.07, 6.45) is -0.474. The number of anilines is 1. The Morgan fingerprint density at radius 2 is 2.22 bits per heavy atom. The molecule has 2 heterocycles. The molecule has 0 fully saturated rings. The summed E-state index contributed by atoms with van der Waals surface area (Å²) in [7, 11) is 1.51. The number of fused-ring (bicyclic) bond motifs is 1. The Labute approximate surface area is 137 Å². The van der Waals surface area contributed by atoms with Gasteiger partial charge in [-0.1, -0.05) is 6.07 Å². The Kier molecular flexibility index (Phi) is 4.20. The van der Waals surface area contributed by atoms with Gasteiger partial charge in [-0.05, 0) is 36.1 Å². The zero-order chi connectivity index (χ0) is 16.4. The largest absolute Gasteiger partial charge is 0.495 e. The first-order valence-corrected chi connectivity index (χ1v) is 7.85. The van der Waals surface area contributed by atoms with E-state index in [-0.39, 0.29) is 12.5 Å². The average Bonchev–Trinajstić information content (AvgIpc) is 3.02. The van der Waals surface area contributed by atoms with Crippen molar-refractivity contribution in [3.8, 4) is 11.5 Å². The number of esters is 1. The standard InChI is InChI=1S/C16H15NO5S/c1-9(22-16(19)15-13(20-2)5-6-23-15)10-3-4-12-11(7-10)17-14(18)8-21-12/h3-7,9H,8H2,1-2H3,(H,17,18)/t9-/m1/s1. The molecule has 0 aliphatic carbocycles. The van der Waals surface area contributed by atoms with Crippen molar-refractivity contribution in [3.63, 3.8) is 0 Å². The van der Waals surface area contributed by atoms with E-state index in [9.17, 15) is 9.59 Å². The van der Waals surface area contributed by atoms with Gasteiger partial charge < -0.3 is 19.5 Å². The highest BCUT2D eigenvalue weighted by molar-refractivity contribution is 7.12. The molecule has 0 radical (unpaired) electrons. The third-order valence-electron chi connectivity index (χ3n) is 3.42. The van der Waals surface area contributed by atoms with E-state index in [1.165, 1.54) is 18.4 Å². The van der Waals surface area contributed by atoms with Crippen LogP contribution in [0.1, 0.15) is 28.3 Å². The second kappa shape index (κ2) is 6.29. The molecule has 0 spiro atoms. The van der Waals surface area contributed by atoms with Gasteiger partial charge in [0.05, 0.1) is 12.8 Å². The van der Waals surface area contributed by atoms with Crippen LogP contribution in [0.2, 0.25) is 0 Å². The molecule has 3 rings (SSSR count). The van der Waals surface area contributed by atoms with Crippen molar-refractivity contribution in [2.24, 2.45) is 0 Å². The zero-order valence-electron chi connectivity index (χ0n) is 12.6. The fraction of sp³-hybridized carbons (Fsp3) is 0.250. The molecule has 0 bridgehead atoms. The molecule has 1 N–H and O–H groups in total. The third-order valence-corrected chi connectivity index (χ3v) is 4.30. The second-order valence-corrected chi connectivity index (χ2v) is 5.87. The molecule has 1 aromatic heterocycles. The van der Waals surface area contributed by atoms with Gasteiger partial charge in [0.25, 0.3) is 5.91 Å². The molecular weight excluding hydrogens is 318 g/mol. The summed E-state index contributed by atoms with van der Waals surface area (Å²) in [5.74, 6) is 0.454. The van der Waals surface area contributed by atoms with Gasteiger partial charge in [0, 0.05) is 0 Å². The lowest BCUT2D eigenvalue weighted by molar-refractivity contribution is -0.118. The Balaban J connectivity index is 1.76. The zero-order valence-corrected chi connectivity index (χ0v) is 13.4. The van der Waals surface area contributed by atoms with Crippen LogP contribution < -0.4 is 14.8 Å². The maximum absolute atomic E-state index is 12.2. The highest BCUT2D eigenvalue weighted by Gasteiger charge is 2.21. The predicted octanol–water partition coefficient (Wildman–Crippen LogP) is 3.01. The van der Waals surface area contributed by atoms with Gasteiger partial charge in [0.2, 0.25) is 0 Å². The summed E-state index contributed by atoms with van der Waals surface area (Å²) in [6, 6.07) is 7.02. The molecule has 7 heteroatoms. The highest BCUT2D eigenvalue weighted by atomic mass is 32.1. The molecule has 1 aliphatic rings. The van der Waals surface area contributed by atoms with Gasteiger partial charge in [-0.3, -0.25) is 4.79 Å². The molecule has 120 valence electrons. The molecule has 1 aromatic carbocycles. The number of methoxy groups -OCH3 is 1. The molecule has 1 amide bonds.